The molecule has 0 aromatic carbocycles. The van der Waals surface area contributed by atoms with Crippen molar-refractivity contribution in [2.24, 2.45) is 5.92 Å². The van der Waals surface area contributed by atoms with Gasteiger partial charge in [0.05, 0.1) is 20.3 Å². The average Bonchev–Trinajstić information content (AvgIpc) is 2.46. The first-order valence-electron chi connectivity index (χ1n) is 6.28. The second kappa shape index (κ2) is 6.15. The molecule has 2 rings (SSSR count). The molecule has 0 bridgehead atoms. The Labute approximate surface area is 106 Å². The van der Waals surface area contributed by atoms with Gasteiger partial charge in [0.25, 0.3) is 0 Å². The van der Waals surface area contributed by atoms with E-state index in [2.05, 4.69) is 4.74 Å². The summed E-state index contributed by atoms with van der Waals surface area (Å²) < 4.78 is 15.2. The predicted octanol–water partition coefficient (Wildman–Crippen LogP) is -0.187. The fourth-order valence-corrected chi connectivity index (χ4v) is 2.33. The number of carbonyl (C=O) groups is 2. The SMILES string of the molecule is COC(=O)C1CN(C(=O)C2CCOCC2)CCO1. The minimum absolute atomic E-state index is 0.0233. The first kappa shape index (κ1) is 13.3. The van der Waals surface area contributed by atoms with Crippen molar-refractivity contribution in [2.75, 3.05) is 40.0 Å². The fourth-order valence-electron chi connectivity index (χ4n) is 2.33. The zero-order valence-corrected chi connectivity index (χ0v) is 10.6. The van der Waals surface area contributed by atoms with E-state index >= 15 is 0 Å². The summed E-state index contributed by atoms with van der Waals surface area (Å²) in [7, 11) is 1.32. The van der Waals surface area contributed by atoms with E-state index < -0.39 is 12.1 Å². The van der Waals surface area contributed by atoms with E-state index in [1.165, 1.54) is 7.11 Å². The normalized spacial score (nSPS) is 25.8. The molecule has 0 aromatic rings. The number of hydrogen-bond donors (Lipinski definition) is 0. The standard InChI is InChI=1S/C12H19NO5/c1-16-12(15)10-8-13(4-7-18-10)11(14)9-2-5-17-6-3-9/h9-10H,2-8H2,1H3. The number of hydrogen-bond acceptors (Lipinski definition) is 5. The first-order chi connectivity index (χ1) is 8.72. The number of methoxy groups -OCH3 is 1. The van der Waals surface area contributed by atoms with Crippen LogP contribution in [0.3, 0.4) is 0 Å². The minimum atomic E-state index is -0.646. The zero-order chi connectivity index (χ0) is 13.0. The summed E-state index contributed by atoms with van der Waals surface area (Å²) in [6.45, 7) is 2.50. The van der Waals surface area contributed by atoms with E-state index in [0.717, 1.165) is 12.8 Å². The van der Waals surface area contributed by atoms with Gasteiger partial charge in [0.15, 0.2) is 6.10 Å². The molecule has 0 N–H and O–H groups in total. The van der Waals surface area contributed by atoms with Gasteiger partial charge in [0, 0.05) is 25.7 Å². The van der Waals surface area contributed by atoms with Crippen molar-refractivity contribution >= 4 is 11.9 Å². The number of morpholine rings is 1. The van der Waals surface area contributed by atoms with Crippen molar-refractivity contribution in [3.63, 3.8) is 0 Å². The zero-order valence-electron chi connectivity index (χ0n) is 10.6. The Hall–Kier alpha value is -1.14. The van der Waals surface area contributed by atoms with Gasteiger partial charge in [-0.25, -0.2) is 4.79 Å². The molecular weight excluding hydrogens is 238 g/mol. The number of esters is 1. The third-order valence-electron chi connectivity index (χ3n) is 3.41. The van der Waals surface area contributed by atoms with E-state index in [-0.39, 0.29) is 11.8 Å². The van der Waals surface area contributed by atoms with Crippen LogP contribution in [0.1, 0.15) is 12.8 Å². The maximum atomic E-state index is 12.3. The predicted molar refractivity (Wildman–Crippen MR) is 61.9 cm³/mol. The van der Waals surface area contributed by atoms with E-state index in [0.29, 0.717) is 32.9 Å². The molecular formula is C12H19NO5. The summed E-state index contributed by atoms with van der Waals surface area (Å²) in [5.41, 5.74) is 0. The van der Waals surface area contributed by atoms with E-state index in [1.54, 1.807) is 4.90 Å². The van der Waals surface area contributed by atoms with Crippen LogP contribution >= 0.6 is 0 Å². The van der Waals surface area contributed by atoms with E-state index in [4.69, 9.17) is 9.47 Å². The Morgan fingerprint density at radius 2 is 1.94 bits per heavy atom. The Kier molecular flexibility index (Phi) is 4.54. The number of nitrogens with zero attached hydrogens (tertiary/aromatic N) is 1. The highest BCUT2D eigenvalue weighted by atomic mass is 16.6. The van der Waals surface area contributed by atoms with Crippen molar-refractivity contribution < 1.29 is 23.8 Å². The summed E-state index contributed by atoms with van der Waals surface area (Å²) in [5.74, 6) is -0.287. The van der Waals surface area contributed by atoms with Crippen molar-refractivity contribution in [3.8, 4) is 0 Å². The lowest BCUT2D eigenvalue weighted by Gasteiger charge is -2.34. The molecule has 0 radical (unpaired) electrons. The van der Waals surface area contributed by atoms with E-state index in [1.807, 2.05) is 0 Å². The molecule has 102 valence electrons. The summed E-state index contributed by atoms with van der Waals surface area (Å²) in [6.07, 6.45) is 0.880. The Bertz CT molecular complexity index is 314. The van der Waals surface area contributed by atoms with Crippen molar-refractivity contribution in [2.45, 2.75) is 18.9 Å². The van der Waals surface area contributed by atoms with Gasteiger partial charge in [0.1, 0.15) is 0 Å². The highest BCUT2D eigenvalue weighted by Gasteiger charge is 2.33. The summed E-state index contributed by atoms with van der Waals surface area (Å²) in [4.78, 5) is 25.4. The molecule has 2 fully saturated rings. The lowest BCUT2D eigenvalue weighted by molar-refractivity contribution is -0.164. The minimum Gasteiger partial charge on any atom is -0.467 e. The lowest BCUT2D eigenvalue weighted by Crippen LogP contribution is -2.51. The van der Waals surface area contributed by atoms with Gasteiger partial charge in [-0.15, -0.1) is 0 Å². The third-order valence-corrected chi connectivity index (χ3v) is 3.41. The number of rotatable bonds is 2. The van der Waals surface area contributed by atoms with Gasteiger partial charge in [-0.3, -0.25) is 4.79 Å². The molecule has 1 atom stereocenters. The molecule has 1 unspecified atom stereocenters. The number of amides is 1. The fraction of sp³-hybridized carbons (Fsp3) is 0.833. The Balaban J connectivity index is 1.91. The summed E-state index contributed by atoms with van der Waals surface area (Å²) in [6, 6.07) is 0. The highest BCUT2D eigenvalue weighted by molar-refractivity contribution is 5.81. The molecule has 0 aliphatic carbocycles. The van der Waals surface area contributed by atoms with Gasteiger partial charge in [-0.05, 0) is 12.8 Å². The molecule has 2 aliphatic heterocycles. The largest absolute Gasteiger partial charge is 0.467 e. The Morgan fingerprint density at radius 1 is 1.22 bits per heavy atom. The van der Waals surface area contributed by atoms with Crippen LogP contribution in [0.2, 0.25) is 0 Å². The molecule has 0 saturated carbocycles. The highest BCUT2D eigenvalue weighted by Crippen LogP contribution is 2.19. The maximum absolute atomic E-state index is 12.3. The summed E-state index contributed by atoms with van der Waals surface area (Å²) >= 11 is 0. The molecule has 1 amide bonds. The first-order valence-corrected chi connectivity index (χ1v) is 6.28. The van der Waals surface area contributed by atoms with Gasteiger partial charge in [0.2, 0.25) is 5.91 Å². The number of ether oxygens (including phenoxy) is 3. The molecule has 6 heteroatoms. The molecule has 2 saturated heterocycles. The third kappa shape index (κ3) is 3.00. The molecule has 2 heterocycles. The van der Waals surface area contributed by atoms with Gasteiger partial charge >= 0.3 is 5.97 Å². The van der Waals surface area contributed by atoms with Gasteiger partial charge in [-0.2, -0.15) is 0 Å². The second-order valence-corrected chi connectivity index (χ2v) is 4.55. The monoisotopic (exact) mass is 257 g/mol. The van der Waals surface area contributed by atoms with Crippen LogP contribution in [0.25, 0.3) is 0 Å². The van der Waals surface area contributed by atoms with Crippen molar-refractivity contribution in [3.05, 3.63) is 0 Å². The van der Waals surface area contributed by atoms with E-state index in [9.17, 15) is 9.59 Å². The van der Waals surface area contributed by atoms with Crippen molar-refractivity contribution in [1.29, 1.82) is 0 Å². The van der Waals surface area contributed by atoms with Crippen LogP contribution in [-0.4, -0.2) is 62.9 Å². The van der Waals surface area contributed by atoms with Crippen LogP contribution in [0.4, 0.5) is 0 Å². The molecule has 0 aromatic heterocycles. The molecule has 6 nitrogen and oxygen atoms in total. The summed E-state index contributed by atoms with van der Waals surface area (Å²) in [5, 5.41) is 0. The van der Waals surface area contributed by atoms with Crippen LogP contribution < -0.4 is 0 Å². The maximum Gasteiger partial charge on any atom is 0.336 e. The smallest absolute Gasteiger partial charge is 0.336 e. The lowest BCUT2D eigenvalue weighted by atomic mass is 9.98. The quantitative estimate of drug-likeness (QED) is 0.642. The van der Waals surface area contributed by atoms with Gasteiger partial charge < -0.3 is 19.1 Å². The van der Waals surface area contributed by atoms with Crippen LogP contribution in [0.15, 0.2) is 0 Å². The molecule has 2 aliphatic rings. The van der Waals surface area contributed by atoms with Gasteiger partial charge in [-0.1, -0.05) is 0 Å². The molecule has 0 spiro atoms. The van der Waals surface area contributed by atoms with Crippen LogP contribution in [-0.2, 0) is 23.8 Å². The van der Waals surface area contributed by atoms with Crippen LogP contribution in [0.5, 0.6) is 0 Å². The topological polar surface area (TPSA) is 65.1 Å². The average molecular weight is 257 g/mol. The second-order valence-electron chi connectivity index (χ2n) is 4.55. The Morgan fingerprint density at radius 3 is 2.61 bits per heavy atom. The van der Waals surface area contributed by atoms with Crippen LogP contribution in [0, 0.1) is 5.92 Å². The van der Waals surface area contributed by atoms with Crippen molar-refractivity contribution in [1.82, 2.24) is 4.90 Å². The molecule has 18 heavy (non-hydrogen) atoms. The number of carbonyl (C=O) groups excluding carboxylic acids is 2.